The maximum absolute atomic E-state index is 12.2. The number of carbonyl (C=O) groups is 1. The predicted molar refractivity (Wildman–Crippen MR) is 45.1 cm³/mol. The lowest BCUT2D eigenvalue weighted by atomic mass is 10.4. The van der Waals surface area contributed by atoms with E-state index in [4.69, 9.17) is 0 Å². The summed E-state index contributed by atoms with van der Waals surface area (Å²) in [4.78, 5) is 14.2. The fourth-order valence-electron chi connectivity index (χ4n) is 0.744. The quantitative estimate of drug-likeness (QED) is 0.758. The van der Waals surface area contributed by atoms with Crippen LogP contribution in [0.15, 0.2) is 0 Å². The molecule has 1 aromatic rings. The van der Waals surface area contributed by atoms with Crippen molar-refractivity contribution in [2.45, 2.75) is 13.3 Å². The zero-order valence-corrected chi connectivity index (χ0v) is 7.76. The number of hydrogen-bond acceptors (Lipinski definition) is 3. The molecule has 0 unspecified atom stereocenters. The Labute approximate surface area is 77.0 Å². The first-order valence-electron chi connectivity index (χ1n) is 3.01. The van der Waals surface area contributed by atoms with Crippen molar-refractivity contribution >= 4 is 29.1 Å². The third kappa shape index (κ3) is 1.81. The van der Waals surface area contributed by atoms with Crippen LogP contribution < -0.4 is 0 Å². The molecule has 1 rings (SSSR count). The fourth-order valence-corrected chi connectivity index (χ4v) is 1.76. The molecule has 12 heavy (non-hydrogen) atoms. The summed E-state index contributed by atoms with van der Waals surface area (Å²) in [7, 11) is 0. The first-order valence-corrected chi connectivity index (χ1v) is 4.27. The van der Waals surface area contributed by atoms with Gasteiger partial charge in [-0.15, -0.1) is 11.3 Å². The van der Waals surface area contributed by atoms with Gasteiger partial charge >= 0.3 is 0 Å². The minimum absolute atomic E-state index is 0.0640. The summed E-state index contributed by atoms with van der Waals surface area (Å²) in [6.07, 6.45) is -2.71. The van der Waals surface area contributed by atoms with Gasteiger partial charge in [-0.3, -0.25) is 4.79 Å². The minimum atomic E-state index is -2.71. The van der Waals surface area contributed by atoms with Gasteiger partial charge in [0, 0.05) is 0 Å². The number of rotatable bonds is 2. The lowest BCUT2D eigenvalue weighted by molar-refractivity contribution is 0.107. The zero-order chi connectivity index (χ0) is 9.30. The van der Waals surface area contributed by atoms with Gasteiger partial charge in [-0.25, -0.2) is 13.8 Å². The van der Waals surface area contributed by atoms with Crippen LogP contribution in [0.4, 0.5) is 8.78 Å². The van der Waals surface area contributed by atoms with E-state index >= 15 is 0 Å². The lowest BCUT2D eigenvalue weighted by Crippen LogP contribution is -1.93. The number of thiazole rings is 1. The van der Waals surface area contributed by atoms with E-state index in [2.05, 4.69) is 17.6 Å². The van der Waals surface area contributed by atoms with Crippen molar-refractivity contribution in [1.82, 2.24) is 4.98 Å². The van der Waals surface area contributed by atoms with Crippen LogP contribution in [0.2, 0.25) is 0 Å². The average molecular weight is 209 g/mol. The number of carbonyl (C=O) groups excluding carboxylic acids is 1. The molecule has 0 atom stereocenters. The lowest BCUT2D eigenvalue weighted by Gasteiger charge is -1.93. The molecule has 0 aromatic carbocycles. The molecular formula is C6H5F2NOS2. The maximum Gasteiger partial charge on any atom is 0.281 e. The van der Waals surface area contributed by atoms with Crippen LogP contribution in [0.1, 0.15) is 26.8 Å². The van der Waals surface area contributed by atoms with Gasteiger partial charge in [0.1, 0.15) is 10.6 Å². The summed E-state index contributed by atoms with van der Waals surface area (Å²) >= 11 is 4.40. The van der Waals surface area contributed by atoms with Crippen molar-refractivity contribution in [2.24, 2.45) is 0 Å². The van der Waals surface area contributed by atoms with Crippen molar-refractivity contribution in [2.75, 3.05) is 0 Å². The van der Waals surface area contributed by atoms with Crippen LogP contribution in [-0.4, -0.2) is 10.1 Å². The van der Waals surface area contributed by atoms with Crippen molar-refractivity contribution in [3.8, 4) is 0 Å². The Hall–Kier alpha value is -0.490. The summed E-state index contributed by atoms with van der Waals surface area (Å²) in [5.41, 5.74) is -0.461. The molecule has 0 spiro atoms. The van der Waals surface area contributed by atoms with Gasteiger partial charge in [0.05, 0.1) is 5.01 Å². The molecule has 0 N–H and O–H groups in total. The summed E-state index contributed by atoms with van der Waals surface area (Å²) in [6, 6.07) is 0. The summed E-state index contributed by atoms with van der Waals surface area (Å²) in [6.45, 7) is 1.57. The molecule has 0 fully saturated rings. The number of hydrogen-bond donors (Lipinski definition) is 1. The Morgan fingerprint density at radius 3 is 2.58 bits per heavy atom. The van der Waals surface area contributed by atoms with Gasteiger partial charge in [-0.2, -0.15) is 0 Å². The van der Waals surface area contributed by atoms with Gasteiger partial charge in [0.15, 0.2) is 0 Å². The SMILES string of the molecule is Cc1nc(C(F)F)c(C(=O)S)s1. The molecule has 0 amide bonds. The standard InChI is InChI=1S/C6H5F2NOS2/c1-2-9-3(5(7)8)4(12-2)6(10)11/h5H,1H3,(H,10,11). The molecule has 0 aliphatic rings. The number of alkyl halides is 2. The monoisotopic (exact) mass is 209 g/mol. The second kappa shape index (κ2) is 3.49. The van der Waals surface area contributed by atoms with E-state index in [1.54, 1.807) is 6.92 Å². The number of aryl methyl sites for hydroxylation is 1. The fraction of sp³-hybridized carbons (Fsp3) is 0.333. The third-order valence-corrected chi connectivity index (χ3v) is 2.52. The van der Waals surface area contributed by atoms with Crippen LogP contribution in [0, 0.1) is 6.92 Å². The second-order valence-electron chi connectivity index (χ2n) is 2.05. The Morgan fingerprint density at radius 1 is 1.67 bits per heavy atom. The average Bonchev–Trinajstić information content (AvgIpc) is 2.31. The highest BCUT2D eigenvalue weighted by Gasteiger charge is 2.21. The van der Waals surface area contributed by atoms with Gasteiger partial charge < -0.3 is 0 Å². The molecule has 6 heteroatoms. The molecule has 2 nitrogen and oxygen atoms in total. The highest BCUT2D eigenvalue weighted by molar-refractivity contribution is 7.97. The third-order valence-electron chi connectivity index (χ3n) is 1.16. The Kier molecular flexibility index (Phi) is 2.79. The van der Waals surface area contributed by atoms with Crippen molar-refractivity contribution in [3.63, 3.8) is 0 Å². The predicted octanol–water partition coefficient (Wildman–Crippen LogP) is 2.46. The van der Waals surface area contributed by atoms with E-state index in [9.17, 15) is 13.6 Å². The number of halogens is 2. The zero-order valence-electron chi connectivity index (χ0n) is 6.04. The van der Waals surface area contributed by atoms with E-state index in [-0.39, 0.29) is 4.88 Å². The highest BCUT2D eigenvalue weighted by Crippen LogP contribution is 2.27. The summed E-state index contributed by atoms with van der Waals surface area (Å²) in [5, 5.41) is -0.210. The van der Waals surface area contributed by atoms with Crippen molar-refractivity contribution < 1.29 is 13.6 Å². The Balaban J connectivity index is 3.17. The maximum atomic E-state index is 12.2. The van der Waals surface area contributed by atoms with E-state index in [1.807, 2.05) is 0 Å². The Bertz CT molecular complexity index is 310. The molecule has 1 aromatic heterocycles. The Morgan fingerprint density at radius 2 is 2.25 bits per heavy atom. The van der Waals surface area contributed by atoms with Crippen LogP contribution in [0.25, 0.3) is 0 Å². The van der Waals surface area contributed by atoms with Crippen molar-refractivity contribution in [1.29, 1.82) is 0 Å². The molecule has 66 valence electrons. The topological polar surface area (TPSA) is 30.0 Å². The number of aromatic nitrogens is 1. The molecular weight excluding hydrogens is 204 g/mol. The van der Waals surface area contributed by atoms with Gasteiger partial charge in [-0.1, -0.05) is 12.6 Å². The number of thiol groups is 1. The van der Waals surface area contributed by atoms with Gasteiger partial charge in [0.2, 0.25) is 5.12 Å². The molecule has 0 saturated carbocycles. The van der Waals surface area contributed by atoms with Crippen LogP contribution in [0.3, 0.4) is 0 Å². The first kappa shape index (κ1) is 9.60. The molecule has 0 saturated heterocycles. The van der Waals surface area contributed by atoms with E-state index in [1.165, 1.54) is 0 Å². The number of nitrogens with zero attached hydrogens (tertiary/aromatic N) is 1. The summed E-state index contributed by atoms with van der Waals surface area (Å²) in [5.74, 6) is 0. The van der Waals surface area contributed by atoms with Gasteiger partial charge in [-0.05, 0) is 6.92 Å². The normalized spacial score (nSPS) is 10.8. The molecule has 0 aliphatic heterocycles. The van der Waals surface area contributed by atoms with Crippen LogP contribution in [0.5, 0.6) is 0 Å². The van der Waals surface area contributed by atoms with Crippen LogP contribution >= 0.6 is 24.0 Å². The van der Waals surface area contributed by atoms with E-state index in [0.29, 0.717) is 5.01 Å². The molecule has 1 heterocycles. The van der Waals surface area contributed by atoms with E-state index < -0.39 is 17.2 Å². The molecule has 0 radical (unpaired) electrons. The highest BCUT2D eigenvalue weighted by atomic mass is 32.1. The summed E-state index contributed by atoms with van der Waals surface area (Å²) < 4.78 is 24.3. The van der Waals surface area contributed by atoms with Gasteiger partial charge in [0.25, 0.3) is 6.43 Å². The minimum Gasteiger partial charge on any atom is -0.281 e. The van der Waals surface area contributed by atoms with Crippen molar-refractivity contribution in [3.05, 3.63) is 15.6 Å². The smallest absolute Gasteiger partial charge is 0.281 e. The van der Waals surface area contributed by atoms with E-state index in [0.717, 1.165) is 11.3 Å². The first-order chi connectivity index (χ1) is 5.52. The molecule has 0 aliphatic carbocycles. The molecule has 0 bridgehead atoms. The largest absolute Gasteiger partial charge is 0.281 e. The van der Waals surface area contributed by atoms with Crippen LogP contribution in [-0.2, 0) is 0 Å². The second-order valence-corrected chi connectivity index (χ2v) is 3.66.